The van der Waals surface area contributed by atoms with E-state index in [4.69, 9.17) is 4.74 Å². The topological polar surface area (TPSA) is 110 Å². The summed E-state index contributed by atoms with van der Waals surface area (Å²) in [6.07, 6.45) is 2.15. The van der Waals surface area contributed by atoms with Crippen molar-refractivity contribution in [1.29, 1.82) is 0 Å². The molecular formula is C20H26N2O6S2. The number of amides is 1. The molecular weight excluding hydrogens is 428 g/mol. The van der Waals surface area contributed by atoms with E-state index in [9.17, 15) is 21.6 Å². The van der Waals surface area contributed by atoms with Crippen LogP contribution in [0.5, 0.6) is 5.75 Å². The largest absolute Gasteiger partial charge is 0.494 e. The van der Waals surface area contributed by atoms with E-state index in [1.54, 1.807) is 43.3 Å². The van der Waals surface area contributed by atoms with Gasteiger partial charge in [-0.05, 0) is 43.7 Å². The zero-order chi connectivity index (χ0) is 22.5. The molecule has 2 rings (SSSR count). The van der Waals surface area contributed by atoms with Gasteiger partial charge < -0.3 is 10.1 Å². The Morgan fingerprint density at radius 1 is 1.07 bits per heavy atom. The summed E-state index contributed by atoms with van der Waals surface area (Å²) in [6, 6.07) is 12.2. The van der Waals surface area contributed by atoms with Gasteiger partial charge in [0.1, 0.15) is 12.3 Å². The maximum absolute atomic E-state index is 12.5. The second-order valence-corrected chi connectivity index (χ2v) is 10.8. The molecule has 0 saturated heterocycles. The molecule has 0 saturated carbocycles. The van der Waals surface area contributed by atoms with Crippen molar-refractivity contribution in [2.24, 2.45) is 0 Å². The number of ether oxygens (including phenoxy) is 1. The van der Waals surface area contributed by atoms with Crippen molar-refractivity contribution in [3.8, 4) is 5.75 Å². The van der Waals surface area contributed by atoms with E-state index in [1.165, 1.54) is 12.1 Å². The SMILES string of the molecule is CCOc1cccc(N(CC(=O)NC(C)c2ccc(S(C)(=O)=O)cc2)S(C)(=O)=O)c1. The Bertz CT molecular complexity index is 1100. The number of anilines is 1. The maximum Gasteiger partial charge on any atom is 0.241 e. The summed E-state index contributed by atoms with van der Waals surface area (Å²) < 4.78 is 54.1. The smallest absolute Gasteiger partial charge is 0.241 e. The first-order valence-electron chi connectivity index (χ1n) is 9.21. The summed E-state index contributed by atoms with van der Waals surface area (Å²) in [5.74, 6) is 0.00493. The lowest BCUT2D eigenvalue weighted by Gasteiger charge is -2.23. The summed E-state index contributed by atoms with van der Waals surface area (Å²) in [7, 11) is -7.03. The third kappa shape index (κ3) is 6.46. The van der Waals surface area contributed by atoms with Gasteiger partial charge in [-0.1, -0.05) is 18.2 Å². The van der Waals surface area contributed by atoms with Gasteiger partial charge in [0, 0.05) is 12.3 Å². The van der Waals surface area contributed by atoms with Crippen LogP contribution < -0.4 is 14.4 Å². The molecule has 1 atom stereocenters. The van der Waals surface area contributed by atoms with Gasteiger partial charge in [0.05, 0.1) is 29.5 Å². The predicted octanol–water partition coefficient (Wildman–Crippen LogP) is 2.13. The van der Waals surface area contributed by atoms with Gasteiger partial charge in [-0.15, -0.1) is 0 Å². The Morgan fingerprint density at radius 2 is 1.70 bits per heavy atom. The van der Waals surface area contributed by atoms with Gasteiger partial charge in [0.25, 0.3) is 0 Å². The molecule has 10 heteroatoms. The van der Waals surface area contributed by atoms with Crippen molar-refractivity contribution in [2.45, 2.75) is 24.8 Å². The van der Waals surface area contributed by atoms with Crippen LogP contribution in [0.2, 0.25) is 0 Å². The van der Waals surface area contributed by atoms with Crippen LogP contribution in [0.25, 0.3) is 0 Å². The molecule has 2 aromatic carbocycles. The second kappa shape index (κ2) is 9.48. The van der Waals surface area contributed by atoms with Gasteiger partial charge in [0.15, 0.2) is 9.84 Å². The lowest BCUT2D eigenvalue weighted by Crippen LogP contribution is -2.41. The Balaban J connectivity index is 2.15. The fourth-order valence-electron chi connectivity index (χ4n) is 2.80. The molecule has 0 heterocycles. The van der Waals surface area contributed by atoms with Crippen LogP contribution in [0.15, 0.2) is 53.4 Å². The summed E-state index contributed by atoms with van der Waals surface area (Å²) in [5.41, 5.74) is 1.02. The van der Waals surface area contributed by atoms with Gasteiger partial charge in [-0.3, -0.25) is 9.10 Å². The minimum absolute atomic E-state index is 0.183. The number of hydrogen-bond acceptors (Lipinski definition) is 6. The van der Waals surface area contributed by atoms with Crippen molar-refractivity contribution in [3.63, 3.8) is 0 Å². The number of carbonyl (C=O) groups is 1. The average Bonchev–Trinajstić information content (AvgIpc) is 2.65. The second-order valence-electron chi connectivity index (χ2n) is 6.83. The Labute approximate surface area is 177 Å². The summed E-state index contributed by atoms with van der Waals surface area (Å²) in [6.45, 7) is 3.57. The number of sulfonamides is 1. The highest BCUT2D eigenvalue weighted by molar-refractivity contribution is 7.92. The molecule has 0 aliphatic heterocycles. The zero-order valence-corrected chi connectivity index (χ0v) is 19.0. The quantitative estimate of drug-likeness (QED) is 0.622. The third-order valence-corrected chi connectivity index (χ3v) is 6.56. The first kappa shape index (κ1) is 23.7. The number of carbonyl (C=O) groups excluding carboxylic acids is 1. The van der Waals surface area contributed by atoms with Crippen LogP contribution in [-0.4, -0.2) is 48.4 Å². The lowest BCUT2D eigenvalue weighted by atomic mass is 10.1. The molecule has 0 fully saturated rings. The highest BCUT2D eigenvalue weighted by Crippen LogP contribution is 2.23. The molecule has 30 heavy (non-hydrogen) atoms. The summed E-state index contributed by atoms with van der Waals surface area (Å²) in [5, 5.41) is 2.74. The van der Waals surface area contributed by atoms with Gasteiger partial charge >= 0.3 is 0 Å². The first-order valence-corrected chi connectivity index (χ1v) is 13.0. The van der Waals surface area contributed by atoms with E-state index in [2.05, 4.69) is 5.32 Å². The molecule has 1 unspecified atom stereocenters. The number of nitrogens with one attached hydrogen (secondary N) is 1. The van der Waals surface area contributed by atoms with Crippen molar-refractivity contribution < 1.29 is 26.4 Å². The van der Waals surface area contributed by atoms with Gasteiger partial charge in [0.2, 0.25) is 15.9 Å². The normalized spacial score (nSPS) is 12.8. The fraction of sp³-hybridized carbons (Fsp3) is 0.350. The van der Waals surface area contributed by atoms with E-state index < -0.39 is 38.4 Å². The van der Waals surface area contributed by atoms with Crippen molar-refractivity contribution in [3.05, 3.63) is 54.1 Å². The van der Waals surface area contributed by atoms with Crippen molar-refractivity contribution >= 4 is 31.5 Å². The van der Waals surface area contributed by atoms with Gasteiger partial charge in [-0.25, -0.2) is 16.8 Å². The average molecular weight is 455 g/mol. The molecule has 0 aliphatic rings. The molecule has 0 bridgehead atoms. The molecule has 164 valence electrons. The van der Waals surface area contributed by atoms with E-state index in [1.807, 2.05) is 6.92 Å². The van der Waals surface area contributed by atoms with Crippen LogP contribution in [0.3, 0.4) is 0 Å². The molecule has 0 aliphatic carbocycles. The highest BCUT2D eigenvalue weighted by Gasteiger charge is 2.22. The first-order chi connectivity index (χ1) is 13.9. The highest BCUT2D eigenvalue weighted by atomic mass is 32.2. The van der Waals surface area contributed by atoms with E-state index in [0.717, 1.165) is 16.8 Å². The molecule has 2 aromatic rings. The Hall–Kier alpha value is -2.59. The monoisotopic (exact) mass is 454 g/mol. The van der Waals surface area contributed by atoms with Crippen molar-refractivity contribution in [1.82, 2.24) is 5.32 Å². The lowest BCUT2D eigenvalue weighted by molar-refractivity contribution is -0.120. The van der Waals surface area contributed by atoms with E-state index in [-0.39, 0.29) is 4.90 Å². The Kier molecular flexibility index (Phi) is 7.49. The van der Waals surface area contributed by atoms with Crippen LogP contribution in [0.4, 0.5) is 5.69 Å². The minimum Gasteiger partial charge on any atom is -0.494 e. The van der Waals surface area contributed by atoms with Gasteiger partial charge in [-0.2, -0.15) is 0 Å². The number of rotatable bonds is 9. The standard InChI is InChI=1S/C20H26N2O6S2/c1-5-28-18-8-6-7-17(13-18)22(30(4,26)27)14-20(23)21-15(2)16-9-11-19(12-10-16)29(3,24)25/h6-13,15H,5,14H2,1-4H3,(H,21,23). The van der Waals surface area contributed by atoms with Crippen LogP contribution in [0.1, 0.15) is 25.5 Å². The van der Waals surface area contributed by atoms with E-state index >= 15 is 0 Å². The summed E-state index contributed by atoms with van der Waals surface area (Å²) >= 11 is 0. The molecule has 1 N–H and O–H groups in total. The number of nitrogens with zero attached hydrogens (tertiary/aromatic N) is 1. The maximum atomic E-state index is 12.5. The minimum atomic E-state index is -3.72. The molecule has 0 aromatic heterocycles. The zero-order valence-electron chi connectivity index (χ0n) is 17.3. The fourth-order valence-corrected chi connectivity index (χ4v) is 4.28. The van der Waals surface area contributed by atoms with Crippen LogP contribution >= 0.6 is 0 Å². The number of hydrogen-bond donors (Lipinski definition) is 1. The molecule has 0 spiro atoms. The van der Waals surface area contributed by atoms with Crippen LogP contribution in [0, 0.1) is 0 Å². The Morgan fingerprint density at radius 3 is 2.23 bits per heavy atom. The summed E-state index contributed by atoms with van der Waals surface area (Å²) in [4.78, 5) is 12.7. The third-order valence-electron chi connectivity index (χ3n) is 4.29. The predicted molar refractivity (Wildman–Crippen MR) is 116 cm³/mol. The molecule has 1 amide bonds. The van der Waals surface area contributed by atoms with Crippen molar-refractivity contribution in [2.75, 3.05) is 30.0 Å². The number of sulfone groups is 1. The number of benzene rings is 2. The molecule has 8 nitrogen and oxygen atoms in total. The van der Waals surface area contributed by atoms with E-state index in [0.29, 0.717) is 23.6 Å². The molecule has 0 radical (unpaired) electrons. The van der Waals surface area contributed by atoms with Crippen LogP contribution in [-0.2, 0) is 24.7 Å².